The van der Waals surface area contributed by atoms with Crippen LogP contribution in [0.25, 0.3) is 20.2 Å². The third kappa shape index (κ3) is 2.08. The molecule has 124 valence electrons. The van der Waals surface area contributed by atoms with Crippen LogP contribution in [0.1, 0.15) is 30.5 Å². The number of benzene rings is 3. The number of hydrogen-bond acceptors (Lipinski definition) is 2. The first kappa shape index (κ1) is 15.2. The highest BCUT2D eigenvalue weighted by Gasteiger charge is 2.34. The highest BCUT2D eigenvalue weighted by molar-refractivity contribution is 7.25. The number of aryl methyl sites for hydroxylation is 1. The molecule has 0 radical (unpaired) electrons. The molecule has 3 aromatic carbocycles. The van der Waals surface area contributed by atoms with Gasteiger partial charge in [0.25, 0.3) is 0 Å². The van der Waals surface area contributed by atoms with Crippen molar-refractivity contribution in [2.45, 2.75) is 26.2 Å². The van der Waals surface area contributed by atoms with Crippen molar-refractivity contribution in [1.82, 2.24) is 0 Å². The van der Waals surface area contributed by atoms with Crippen LogP contribution in [0.2, 0.25) is 5.02 Å². The lowest BCUT2D eigenvalue weighted by molar-refractivity contribution is 0.634. The van der Waals surface area contributed by atoms with Crippen molar-refractivity contribution in [1.29, 1.82) is 0 Å². The number of halogens is 1. The zero-order valence-electron chi connectivity index (χ0n) is 14.4. The van der Waals surface area contributed by atoms with Crippen LogP contribution < -0.4 is 5.32 Å². The molecule has 1 aromatic heterocycles. The molecule has 3 heteroatoms. The zero-order valence-corrected chi connectivity index (χ0v) is 16.0. The lowest BCUT2D eigenvalue weighted by Gasteiger charge is -2.37. The van der Waals surface area contributed by atoms with Crippen molar-refractivity contribution in [3.8, 4) is 0 Å². The first-order valence-electron chi connectivity index (χ1n) is 8.48. The fraction of sp³-hybridized carbons (Fsp3) is 0.182. The van der Waals surface area contributed by atoms with Crippen molar-refractivity contribution >= 4 is 54.5 Å². The molecular weight excluding hydrogens is 346 g/mol. The Bertz CT molecular complexity index is 1170. The quantitative estimate of drug-likeness (QED) is 0.343. The maximum Gasteiger partial charge on any atom is 0.0443 e. The van der Waals surface area contributed by atoms with E-state index >= 15 is 0 Å². The smallest absolute Gasteiger partial charge is 0.0443 e. The molecule has 1 aliphatic heterocycles. The Balaban J connectivity index is 1.85. The van der Waals surface area contributed by atoms with Crippen molar-refractivity contribution in [3.05, 3.63) is 70.2 Å². The molecule has 1 nitrogen and oxygen atoms in total. The minimum Gasteiger partial charge on any atom is -0.355 e. The third-order valence-electron chi connectivity index (χ3n) is 5.38. The van der Waals surface area contributed by atoms with Gasteiger partial charge in [-0.3, -0.25) is 0 Å². The predicted molar refractivity (Wildman–Crippen MR) is 111 cm³/mol. The number of nitrogens with one attached hydrogen (secondary N) is 1. The molecule has 25 heavy (non-hydrogen) atoms. The van der Waals surface area contributed by atoms with E-state index in [2.05, 4.69) is 68.6 Å². The standard InChI is InChI=1S/C22H18ClNS/c1-12-8-13(23)9-18-21(12)22(2,3)16-10-15-14-6-4-5-7-19(14)25-20(15)11-17(16)24-18/h4-11,24H,1-3H3. The molecule has 0 atom stereocenters. The Morgan fingerprint density at radius 1 is 0.920 bits per heavy atom. The van der Waals surface area contributed by atoms with E-state index in [0.29, 0.717) is 0 Å². The monoisotopic (exact) mass is 363 g/mol. The van der Waals surface area contributed by atoms with Crippen LogP contribution in [-0.4, -0.2) is 0 Å². The van der Waals surface area contributed by atoms with E-state index in [1.807, 2.05) is 17.4 Å². The summed E-state index contributed by atoms with van der Waals surface area (Å²) in [6, 6.07) is 17.5. The van der Waals surface area contributed by atoms with Gasteiger partial charge in [0, 0.05) is 42.0 Å². The van der Waals surface area contributed by atoms with Crippen LogP contribution in [0.15, 0.2) is 48.5 Å². The van der Waals surface area contributed by atoms with Crippen LogP contribution in [0, 0.1) is 6.92 Å². The highest BCUT2D eigenvalue weighted by atomic mass is 35.5. The molecular formula is C22H18ClNS. The maximum atomic E-state index is 6.31. The van der Waals surface area contributed by atoms with Crippen LogP contribution >= 0.6 is 22.9 Å². The average molecular weight is 364 g/mol. The first-order valence-corrected chi connectivity index (χ1v) is 9.68. The molecule has 0 amide bonds. The molecule has 0 bridgehead atoms. The second-order valence-corrected chi connectivity index (χ2v) is 8.91. The van der Waals surface area contributed by atoms with E-state index in [9.17, 15) is 0 Å². The number of hydrogen-bond donors (Lipinski definition) is 1. The zero-order chi connectivity index (χ0) is 17.3. The summed E-state index contributed by atoms with van der Waals surface area (Å²) in [7, 11) is 0. The minimum absolute atomic E-state index is 0.0676. The van der Waals surface area contributed by atoms with Crippen LogP contribution in [0.4, 0.5) is 11.4 Å². The van der Waals surface area contributed by atoms with Gasteiger partial charge in [-0.15, -0.1) is 11.3 Å². The molecule has 4 aromatic rings. The van der Waals surface area contributed by atoms with Crippen molar-refractivity contribution < 1.29 is 0 Å². The van der Waals surface area contributed by atoms with E-state index in [4.69, 9.17) is 11.6 Å². The summed E-state index contributed by atoms with van der Waals surface area (Å²) in [5.41, 5.74) is 6.17. The number of thiophene rings is 1. The van der Waals surface area contributed by atoms with Gasteiger partial charge < -0.3 is 5.32 Å². The largest absolute Gasteiger partial charge is 0.355 e. The van der Waals surface area contributed by atoms with Gasteiger partial charge in [0.05, 0.1) is 0 Å². The molecule has 2 heterocycles. The van der Waals surface area contributed by atoms with Gasteiger partial charge in [-0.05, 0) is 53.9 Å². The van der Waals surface area contributed by atoms with Gasteiger partial charge >= 0.3 is 0 Å². The highest BCUT2D eigenvalue weighted by Crippen LogP contribution is 2.50. The van der Waals surface area contributed by atoms with Gasteiger partial charge in [-0.2, -0.15) is 0 Å². The van der Waals surface area contributed by atoms with Crippen LogP contribution in [-0.2, 0) is 5.41 Å². The lowest BCUT2D eigenvalue weighted by Crippen LogP contribution is -2.27. The van der Waals surface area contributed by atoms with Crippen molar-refractivity contribution in [2.75, 3.05) is 5.32 Å². The molecule has 0 aliphatic carbocycles. The SMILES string of the molecule is Cc1cc(Cl)cc2c1C(C)(C)c1cc3c(cc1N2)sc1ccccc13. The predicted octanol–water partition coefficient (Wildman–Crippen LogP) is 7.40. The summed E-state index contributed by atoms with van der Waals surface area (Å²) in [6.45, 7) is 6.78. The lowest BCUT2D eigenvalue weighted by atomic mass is 9.72. The fourth-order valence-corrected chi connectivity index (χ4v) is 5.74. The van der Waals surface area contributed by atoms with E-state index in [-0.39, 0.29) is 5.41 Å². The molecule has 1 N–H and O–H groups in total. The summed E-state index contributed by atoms with van der Waals surface area (Å²) >= 11 is 8.17. The van der Waals surface area contributed by atoms with Crippen molar-refractivity contribution in [2.24, 2.45) is 0 Å². The minimum atomic E-state index is -0.0676. The van der Waals surface area contributed by atoms with Crippen LogP contribution in [0.3, 0.4) is 0 Å². The topological polar surface area (TPSA) is 12.0 Å². The second kappa shape index (κ2) is 5.00. The third-order valence-corrected chi connectivity index (χ3v) is 6.74. The Hall–Kier alpha value is -2.03. The Labute approximate surface area is 156 Å². The normalized spacial score (nSPS) is 15.0. The molecule has 0 fully saturated rings. The summed E-state index contributed by atoms with van der Waals surface area (Å²) in [6.07, 6.45) is 0. The van der Waals surface area contributed by atoms with Gasteiger partial charge in [-0.25, -0.2) is 0 Å². The molecule has 0 saturated carbocycles. The number of anilines is 2. The van der Waals surface area contributed by atoms with Gasteiger partial charge in [0.1, 0.15) is 0 Å². The summed E-state index contributed by atoms with van der Waals surface area (Å²) in [5.74, 6) is 0. The van der Waals surface area contributed by atoms with E-state index < -0.39 is 0 Å². The second-order valence-electron chi connectivity index (χ2n) is 7.39. The molecule has 0 saturated heterocycles. The maximum absolute atomic E-state index is 6.31. The van der Waals surface area contributed by atoms with Crippen LogP contribution in [0.5, 0.6) is 0 Å². The number of fused-ring (bicyclic) bond motifs is 5. The Kier molecular flexibility index (Phi) is 3.05. The summed E-state index contributed by atoms with van der Waals surface area (Å²) in [5, 5.41) is 7.12. The average Bonchev–Trinajstić information content (AvgIpc) is 2.89. The molecule has 5 rings (SSSR count). The summed E-state index contributed by atoms with van der Waals surface area (Å²) < 4.78 is 2.67. The number of rotatable bonds is 0. The first-order chi connectivity index (χ1) is 11.9. The molecule has 1 aliphatic rings. The van der Waals surface area contributed by atoms with E-state index in [1.165, 1.54) is 42.6 Å². The van der Waals surface area contributed by atoms with Gasteiger partial charge in [0.2, 0.25) is 0 Å². The fourth-order valence-electron chi connectivity index (χ4n) is 4.34. The van der Waals surface area contributed by atoms with Gasteiger partial charge in [-0.1, -0.05) is 43.6 Å². The Morgan fingerprint density at radius 2 is 1.72 bits per heavy atom. The van der Waals surface area contributed by atoms with E-state index in [0.717, 1.165) is 10.7 Å². The Morgan fingerprint density at radius 3 is 2.56 bits per heavy atom. The molecule has 0 unspecified atom stereocenters. The molecule has 0 spiro atoms. The van der Waals surface area contributed by atoms with Crippen molar-refractivity contribution in [3.63, 3.8) is 0 Å². The summed E-state index contributed by atoms with van der Waals surface area (Å²) in [4.78, 5) is 0. The van der Waals surface area contributed by atoms with Gasteiger partial charge in [0.15, 0.2) is 0 Å². The van der Waals surface area contributed by atoms with E-state index in [1.54, 1.807) is 0 Å².